The summed E-state index contributed by atoms with van der Waals surface area (Å²) in [7, 11) is 0. The molecule has 0 saturated heterocycles. The van der Waals surface area contributed by atoms with Crippen LogP contribution in [0.15, 0.2) is 22.9 Å². The summed E-state index contributed by atoms with van der Waals surface area (Å²) in [5.41, 5.74) is 5.91. The minimum atomic E-state index is -0.979. The maximum Gasteiger partial charge on any atom is 0.327 e. The molecule has 6 heteroatoms. The van der Waals surface area contributed by atoms with Crippen LogP contribution in [0.1, 0.15) is 0 Å². The smallest absolute Gasteiger partial charge is 0.327 e. The molecule has 1 aromatic heterocycles. The van der Waals surface area contributed by atoms with Crippen molar-refractivity contribution in [3.63, 3.8) is 0 Å². The molecule has 1 aromatic rings. The number of carboxylic acid groups (broad SMARTS) is 1. The summed E-state index contributed by atoms with van der Waals surface area (Å²) >= 11 is 3.23. The lowest BCUT2D eigenvalue weighted by molar-refractivity contribution is -0.137. The van der Waals surface area contributed by atoms with Crippen molar-refractivity contribution >= 4 is 27.6 Å². The molecule has 0 aliphatic heterocycles. The van der Waals surface area contributed by atoms with E-state index in [4.69, 9.17) is 10.8 Å². The second kappa shape index (κ2) is 4.92. The van der Waals surface area contributed by atoms with E-state index in [-0.39, 0.29) is 6.54 Å². The summed E-state index contributed by atoms with van der Waals surface area (Å²) in [4.78, 5) is 14.5. The minimum absolute atomic E-state index is 0.0296. The van der Waals surface area contributed by atoms with Crippen LogP contribution in [-0.2, 0) is 4.79 Å². The normalized spacial score (nSPS) is 12.1. The molecule has 5 nitrogen and oxygen atoms in total. The molecule has 0 bridgehead atoms. The molecule has 0 aromatic carbocycles. The number of nitrogens with zero attached hydrogens (tertiary/aromatic N) is 1. The standard InChI is InChI=1S/C8H10BrN3O2/c9-5-1-6(4-11-3-5)12-7(2-10)8(13)14/h1,3-4,7,12H,2,10H2,(H,13,14). The van der Waals surface area contributed by atoms with Crippen molar-refractivity contribution in [2.24, 2.45) is 5.73 Å². The lowest BCUT2D eigenvalue weighted by Gasteiger charge is -2.12. The van der Waals surface area contributed by atoms with Gasteiger partial charge in [0.1, 0.15) is 6.04 Å². The molecule has 0 aliphatic carbocycles. The van der Waals surface area contributed by atoms with Gasteiger partial charge in [0.2, 0.25) is 0 Å². The quantitative estimate of drug-likeness (QED) is 0.740. The molecule has 1 atom stereocenters. The van der Waals surface area contributed by atoms with Gasteiger partial charge in [0.25, 0.3) is 0 Å². The summed E-state index contributed by atoms with van der Waals surface area (Å²) in [5, 5.41) is 11.5. The van der Waals surface area contributed by atoms with Crippen LogP contribution < -0.4 is 11.1 Å². The Hall–Kier alpha value is -1.14. The van der Waals surface area contributed by atoms with E-state index in [1.165, 1.54) is 6.20 Å². The maximum atomic E-state index is 10.6. The van der Waals surface area contributed by atoms with E-state index in [1.54, 1.807) is 12.3 Å². The molecule has 0 saturated carbocycles. The van der Waals surface area contributed by atoms with Gasteiger partial charge in [-0.1, -0.05) is 0 Å². The lowest BCUT2D eigenvalue weighted by atomic mass is 10.3. The first-order chi connectivity index (χ1) is 6.63. The Balaban J connectivity index is 2.72. The molecule has 14 heavy (non-hydrogen) atoms. The SMILES string of the molecule is NCC(Nc1cncc(Br)c1)C(=O)O. The van der Waals surface area contributed by atoms with Crippen molar-refractivity contribution < 1.29 is 9.90 Å². The van der Waals surface area contributed by atoms with Gasteiger partial charge in [-0.2, -0.15) is 0 Å². The van der Waals surface area contributed by atoms with Crippen LogP contribution in [0, 0.1) is 0 Å². The molecule has 1 rings (SSSR count). The summed E-state index contributed by atoms with van der Waals surface area (Å²) in [6, 6.07) is 0.949. The highest BCUT2D eigenvalue weighted by Gasteiger charge is 2.14. The number of halogens is 1. The predicted molar refractivity (Wildman–Crippen MR) is 56.0 cm³/mol. The first kappa shape index (κ1) is 10.9. The zero-order valence-electron chi connectivity index (χ0n) is 7.27. The fourth-order valence-electron chi connectivity index (χ4n) is 0.913. The van der Waals surface area contributed by atoms with Gasteiger partial charge in [-0.25, -0.2) is 4.79 Å². The van der Waals surface area contributed by atoms with Crippen LogP contribution in [0.4, 0.5) is 5.69 Å². The van der Waals surface area contributed by atoms with E-state index >= 15 is 0 Å². The molecule has 0 radical (unpaired) electrons. The van der Waals surface area contributed by atoms with Crippen molar-refractivity contribution in [1.29, 1.82) is 0 Å². The van der Waals surface area contributed by atoms with Crippen LogP contribution >= 0.6 is 15.9 Å². The Morgan fingerprint density at radius 2 is 2.43 bits per heavy atom. The largest absolute Gasteiger partial charge is 0.480 e. The number of aromatic nitrogens is 1. The average Bonchev–Trinajstić information content (AvgIpc) is 2.14. The summed E-state index contributed by atoms with van der Waals surface area (Å²) in [6.45, 7) is 0.0296. The molecular weight excluding hydrogens is 250 g/mol. The fourth-order valence-corrected chi connectivity index (χ4v) is 1.28. The highest BCUT2D eigenvalue weighted by Crippen LogP contribution is 2.14. The van der Waals surface area contributed by atoms with Gasteiger partial charge < -0.3 is 16.2 Å². The molecule has 0 fully saturated rings. The van der Waals surface area contributed by atoms with Crippen molar-refractivity contribution in [1.82, 2.24) is 4.98 Å². The number of hydrogen-bond acceptors (Lipinski definition) is 4. The minimum Gasteiger partial charge on any atom is -0.480 e. The number of hydrogen-bond donors (Lipinski definition) is 3. The van der Waals surface area contributed by atoms with Gasteiger partial charge in [-0.05, 0) is 22.0 Å². The highest BCUT2D eigenvalue weighted by atomic mass is 79.9. The van der Waals surface area contributed by atoms with Gasteiger partial charge in [-0.15, -0.1) is 0 Å². The van der Waals surface area contributed by atoms with Crippen LogP contribution in [0.2, 0.25) is 0 Å². The van der Waals surface area contributed by atoms with E-state index in [1.807, 2.05) is 0 Å². The number of nitrogens with one attached hydrogen (secondary N) is 1. The third kappa shape index (κ3) is 2.97. The van der Waals surface area contributed by atoms with Crippen LogP contribution in [0.25, 0.3) is 0 Å². The predicted octanol–water partition coefficient (Wildman–Crippen LogP) is 0.668. The lowest BCUT2D eigenvalue weighted by Crippen LogP contribution is -2.36. The van der Waals surface area contributed by atoms with Crippen LogP contribution in [0.5, 0.6) is 0 Å². The monoisotopic (exact) mass is 259 g/mol. The number of anilines is 1. The first-order valence-corrected chi connectivity index (χ1v) is 4.72. The highest BCUT2D eigenvalue weighted by molar-refractivity contribution is 9.10. The fraction of sp³-hybridized carbons (Fsp3) is 0.250. The number of nitrogens with two attached hydrogens (primary N) is 1. The average molecular weight is 260 g/mol. The van der Waals surface area contributed by atoms with Gasteiger partial charge >= 0.3 is 5.97 Å². The Morgan fingerprint density at radius 3 is 2.93 bits per heavy atom. The Morgan fingerprint density at radius 1 is 1.71 bits per heavy atom. The van der Waals surface area contributed by atoms with Gasteiger partial charge in [0.05, 0.1) is 11.9 Å². The topological polar surface area (TPSA) is 88.2 Å². The summed E-state index contributed by atoms with van der Waals surface area (Å²) < 4.78 is 0.781. The second-order valence-corrected chi connectivity index (χ2v) is 3.58. The number of carboxylic acids is 1. The maximum absolute atomic E-state index is 10.6. The Labute approximate surface area is 89.5 Å². The molecule has 0 amide bonds. The van der Waals surface area contributed by atoms with E-state index < -0.39 is 12.0 Å². The van der Waals surface area contributed by atoms with Gasteiger partial charge in [0.15, 0.2) is 0 Å². The number of rotatable bonds is 4. The molecular formula is C8H10BrN3O2. The molecule has 1 heterocycles. The second-order valence-electron chi connectivity index (χ2n) is 2.66. The number of carbonyl (C=O) groups is 1. The number of pyridine rings is 1. The molecule has 76 valence electrons. The van der Waals surface area contributed by atoms with Crippen molar-refractivity contribution in [2.75, 3.05) is 11.9 Å². The van der Waals surface area contributed by atoms with Gasteiger partial charge in [-0.3, -0.25) is 4.98 Å². The Kier molecular flexibility index (Phi) is 3.84. The zero-order chi connectivity index (χ0) is 10.6. The third-order valence-electron chi connectivity index (χ3n) is 1.58. The van der Waals surface area contributed by atoms with Crippen LogP contribution in [-0.4, -0.2) is 28.6 Å². The van der Waals surface area contributed by atoms with E-state index in [0.29, 0.717) is 5.69 Å². The van der Waals surface area contributed by atoms with Crippen molar-refractivity contribution in [3.05, 3.63) is 22.9 Å². The first-order valence-electron chi connectivity index (χ1n) is 3.93. The van der Waals surface area contributed by atoms with E-state index in [0.717, 1.165) is 4.47 Å². The Bertz CT molecular complexity index is 332. The van der Waals surface area contributed by atoms with Crippen molar-refractivity contribution in [3.8, 4) is 0 Å². The van der Waals surface area contributed by atoms with Gasteiger partial charge in [0, 0.05) is 17.2 Å². The number of aliphatic carboxylic acids is 1. The summed E-state index contributed by atoms with van der Waals surface area (Å²) in [5.74, 6) is -0.979. The summed E-state index contributed by atoms with van der Waals surface area (Å²) in [6.07, 6.45) is 3.15. The molecule has 1 unspecified atom stereocenters. The molecule has 0 aliphatic rings. The van der Waals surface area contributed by atoms with Crippen LogP contribution in [0.3, 0.4) is 0 Å². The van der Waals surface area contributed by atoms with E-state index in [2.05, 4.69) is 26.2 Å². The zero-order valence-corrected chi connectivity index (χ0v) is 8.86. The third-order valence-corrected chi connectivity index (χ3v) is 2.01. The van der Waals surface area contributed by atoms with Crippen molar-refractivity contribution in [2.45, 2.75) is 6.04 Å². The molecule has 0 spiro atoms. The molecule has 4 N–H and O–H groups in total. The van der Waals surface area contributed by atoms with E-state index in [9.17, 15) is 4.79 Å².